The number of carbonyl (C=O) groups excluding carboxylic acids is 1. The molecule has 1 fully saturated rings. The second-order valence-corrected chi connectivity index (χ2v) is 12.8. The van der Waals surface area contributed by atoms with E-state index in [1.165, 1.54) is 6.92 Å². The third kappa shape index (κ3) is 6.68. The van der Waals surface area contributed by atoms with Crippen molar-refractivity contribution in [1.82, 2.24) is 15.0 Å². The molecule has 1 atom stereocenters. The molecule has 1 saturated heterocycles. The Balaban J connectivity index is 1.56. The van der Waals surface area contributed by atoms with E-state index >= 15 is 0 Å². The molecule has 0 aliphatic carbocycles. The second-order valence-electron chi connectivity index (χ2n) is 10.8. The fourth-order valence-electron chi connectivity index (χ4n) is 4.77. The molecule has 5 heterocycles. The molecule has 41 heavy (non-hydrogen) atoms. The number of sulfone groups is 1. The van der Waals surface area contributed by atoms with Crippen molar-refractivity contribution in [3.63, 3.8) is 0 Å². The number of anilines is 4. The van der Waals surface area contributed by atoms with Gasteiger partial charge in [-0.05, 0) is 44.9 Å². The zero-order valence-electron chi connectivity index (χ0n) is 23.7. The standard InChI is InChI=1S/C28H34N6O6S/c1-17(35)30-24-13-22(20(14-29-24)21-8-9-23-27(32-21)39-16-28(2,3)40-23)31-25-11-18(12-26(33-25)41(5,36)37)34-10-6-7-19(15-34)38-4/h8-9,11-14,19H,6-7,10,15-16H2,1-5H3,(H2,29,30,31,33,35)/t19-/m0/s1. The lowest BCUT2D eigenvalue weighted by molar-refractivity contribution is -0.114. The average Bonchev–Trinajstić information content (AvgIpc) is 2.91. The van der Waals surface area contributed by atoms with E-state index in [9.17, 15) is 13.2 Å². The molecular formula is C28H34N6O6S. The van der Waals surface area contributed by atoms with Crippen molar-refractivity contribution in [2.24, 2.45) is 0 Å². The maximum atomic E-state index is 12.6. The minimum atomic E-state index is -3.63. The fourth-order valence-corrected chi connectivity index (χ4v) is 5.37. The molecule has 12 nitrogen and oxygen atoms in total. The predicted octanol–water partition coefficient (Wildman–Crippen LogP) is 3.81. The van der Waals surface area contributed by atoms with E-state index in [4.69, 9.17) is 14.2 Å². The van der Waals surface area contributed by atoms with Crippen LogP contribution in [0.15, 0.2) is 41.6 Å². The normalized spacial score (nSPS) is 18.1. The Kier molecular flexibility index (Phi) is 7.75. The Morgan fingerprint density at radius 1 is 1.17 bits per heavy atom. The van der Waals surface area contributed by atoms with Gasteiger partial charge in [-0.3, -0.25) is 4.79 Å². The highest BCUT2D eigenvalue weighted by Gasteiger charge is 2.29. The Morgan fingerprint density at radius 3 is 2.71 bits per heavy atom. The number of carbonyl (C=O) groups is 1. The van der Waals surface area contributed by atoms with Crippen molar-refractivity contribution in [2.75, 3.05) is 48.6 Å². The van der Waals surface area contributed by atoms with Gasteiger partial charge in [-0.2, -0.15) is 0 Å². The number of piperidine rings is 1. The number of amides is 1. The zero-order chi connectivity index (χ0) is 29.4. The van der Waals surface area contributed by atoms with Crippen molar-refractivity contribution < 1.29 is 27.4 Å². The molecule has 2 aliphatic heterocycles. The van der Waals surface area contributed by atoms with Gasteiger partial charge >= 0.3 is 0 Å². The van der Waals surface area contributed by atoms with Gasteiger partial charge in [0, 0.05) is 63.0 Å². The van der Waals surface area contributed by atoms with E-state index in [0.717, 1.165) is 25.6 Å². The molecule has 0 saturated carbocycles. The molecule has 5 rings (SSSR count). The lowest BCUT2D eigenvalue weighted by atomic mass is 10.1. The van der Waals surface area contributed by atoms with E-state index in [0.29, 0.717) is 59.0 Å². The van der Waals surface area contributed by atoms with Crippen molar-refractivity contribution in [2.45, 2.75) is 50.3 Å². The first-order valence-electron chi connectivity index (χ1n) is 13.3. The van der Waals surface area contributed by atoms with Crippen LogP contribution < -0.4 is 25.0 Å². The van der Waals surface area contributed by atoms with Crippen LogP contribution in [-0.2, 0) is 19.4 Å². The molecule has 3 aromatic rings. The van der Waals surface area contributed by atoms with Crippen LogP contribution in [0.2, 0.25) is 0 Å². The number of hydrogen-bond acceptors (Lipinski definition) is 11. The molecule has 0 radical (unpaired) electrons. The first-order chi connectivity index (χ1) is 19.4. The summed E-state index contributed by atoms with van der Waals surface area (Å²) in [5, 5.41) is 5.88. The van der Waals surface area contributed by atoms with Gasteiger partial charge in [0.25, 0.3) is 5.88 Å². The number of nitrogens with one attached hydrogen (secondary N) is 2. The Labute approximate surface area is 239 Å². The fraction of sp³-hybridized carbons (Fsp3) is 0.429. The lowest BCUT2D eigenvalue weighted by Crippen LogP contribution is -2.39. The van der Waals surface area contributed by atoms with Crippen LogP contribution in [0.5, 0.6) is 11.6 Å². The summed E-state index contributed by atoms with van der Waals surface area (Å²) < 4.78 is 42.6. The van der Waals surface area contributed by atoms with Crippen molar-refractivity contribution in [3.05, 3.63) is 36.5 Å². The summed E-state index contributed by atoms with van der Waals surface area (Å²) in [5.74, 6) is 1.22. The maximum absolute atomic E-state index is 12.6. The summed E-state index contributed by atoms with van der Waals surface area (Å²) in [5.41, 5.74) is 1.86. The largest absolute Gasteiger partial charge is 0.479 e. The quantitative estimate of drug-likeness (QED) is 0.419. The lowest BCUT2D eigenvalue weighted by Gasteiger charge is -2.34. The molecular weight excluding hydrogens is 548 g/mol. The zero-order valence-corrected chi connectivity index (χ0v) is 24.5. The molecule has 1 amide bonds. The van der Waals surface area contributed by atoms with Crippen LogP contribution >= 0.6 is 0 Å². The highest BCUT2D eigenvalue weighted by molar-refractivity contribution is 7.90. The smallest absolute Gasteiger partial charge is 0.257 e. The summed E-state index contributed by atoms with van der Waals surface area (Å²) in [4.78, 5) is 27.3. The van der Waals surface area contributed by atoms with Crippen LogP contribution in [0.25, 0.3) is 11.3 Å². The van der Waals surface area contributed by atoms with Gasteiger partial charge in [0.2, 0.25) is 5.91 Å². The molecule has 0 bridgehead atoms. The number of methoxy groups -OCH3 is 1. The Bertz CT molecular complexity index is 1580. The molecule has 0 aromatic carbocycles. The SMILES string of the molecule is CO[C@H]1CCCN(c2cc(Nc3cc(NC(C)=O)ncc3-c3ccc4c(n3)OCC(C)(C)O4)nc(S(C)(=O)=O)c2)C1. The van der Waals surface area contributed by atoms with Crippen molar-refractivity contribution >= 4 is 38.8 Å². The number of rotatable bonds is 7. The van der Waals surface area contributed by atoms with Crippen LogP contribution in [0.4, 0.5) is 23.0 Å². The summed E-state index contributed by atoms with van der Waals surface area (Å²) in [7, 11) is -1.94. The molecule has 0 spiro atoms. The summed E-state index contributed by atoms with van der Waals surface area (Å²) in [6, 6.07) is 8.60. The highest BCUT2D eigenvalue weighted by atomic mass is 32.2. The first kappa shape index (κ1) is 28.6. The van der Waals surface area contributed by atoms with E-state index in [-0.39, 0.29) is 17.0 Å². The number of nitrogens with zero attached hydrogens (tertiary/aromatic N) is 4. The monoisotopic (exact) mass is 582 g/mol. The third-order valence-corrected chi connectivity index (χ3v) is 7.73. The number of ether oxygens (including phenoxy) is 3. The van der Waals surface area contributed by atoms with Gasteiger partial charge in [-0.1, -0.05) is 0 Å². The Hall–Kier alpha value is -3.97. The van der Waals surface area contributed by atoms with Gasteiger partial charge in [0.15, 0.2) is 20.6 Å². The van der Waals surface area contributed by atoms with E-state index in [1.807, 2.05) is 13.8 Å². The first-order valence-corrected chi connectivity index (χ1v) is 15.2. The van der Waals surface area contributed by atoms with Crippen LogP contribution in [0.3, 0.4) is 0 Å². The topological polar surface area (TPSA) is 145 Å². The number of fused-ring (bicyclic) bond motifs is 1. The Morgan fingerprint density at radius 2 is 1.98 bits per heavy atom. The minimum absolute atomic E-state index is 0.0499. The van der Waals surface area contributed by atoms with E-state index in [2.05, 4.69) is 30.5 Å². The van der Waals surface area contributed by atoms with Gasteiger partial charge in [-0.15, -0.1) is 0 Å². The molecule has 2 aliphatic rings. The maximum Gasteiger partial charge on any atom is 0.257 e. The molecule has 3 aromatic heterocycles. The third-order valence-electron chi connectivity index (χ3n) is 6.76. The second kappa shape index (κ2) is 11.1. The van der Waals surface area contributed by atoms with Crippen LogP contribution in [0.1, 0.15) is 33.6 Å². The van der Waals surface area contributed by atoms with E-state index in [1.54, 1.807) is 43.6 Å². The molecule has 0 unspecified atom stereocenters. The van der Waals surface area contributed by atoms with Gasteiger partial charge in [-0.25, -0.2) is 23.4 Å². The number of aromatic nitrogens is 3. The summed E-state index contributed by atoms with van der Waals surface area (Å²) in [6.07, 6.45) is 4.61. The number of pyridine rings is 3. The predicted molar refractivity (Wildman–Crippen MR) is 155 cm³/mol. The van der Waals surface area contributed by atoms with E-state index < -0.39 is 15.4 Å². The summed E-state index contributed by atoms with van der Waals surface area (Å²) >= 11 is 0. The molecule has 2 N–H and O–H groups in total. The van der Waals surface area contributed by atoms with Gasteiger partial charge in [0.05, 0.1) is 17.5 Å². The van der Waals surface area contributed by atoms with Gasteiger partial charge in [0.1, 0.15) is 23.8 Å². The average molecular weight is 583 g/mol. The molecule has 13 heteroatoms. The van der Waals surface area contributed by atoms with Gasteiger partial charge < -0.3 is 29.7 Å². The van der Waals surface area contributed by atoms with Crippen molar-refractivity contribution in [1.29, 1.82) is 0 Å². The summed E-state index contributed by atoms with van der Waals surface area (Å²) in [6.45, 7) is 6.99. The molecule has 218 valence electrons. The minimum Gasteiger partial charge on any atom is -0.479 e. The number of hydrogen-bond donors (Lipinski definition) is 2. The highest BCUT2D eigenvalue weighted by Crippen LogP contribution is 2.38. The van der Waals surface area contributed by atoms with Crippen molar-refractivity contribution in [3.8, 4) is 22.9 Å². The van der Waals surface area contributed by atoms with Crippen LogP contribution in [0, 0.1) is 0 Å². The van der Waals surface area contributed by atoms with Crippen LogP contribution in [-0.4, -0.2) is 74.0 Å².